The molecule has 0 saturated carbocycles. The highest BCUT2D eigenvalue weighted by atomic mass is 16.5. The standard InChI is InChI=1S/C16H21NO/c1-3-5-13-6-8-15(9-7-13)16(11-18-12-16)14(4-2)10-17/h6-9,14H,3-5,11-12H2,1-2H3. The number of nitrogens with zero attached hydrogens (tertiary/aromatic N) is 1. The van der Waals surface area contributed by atoms with Gasteiger partial charge in [-0.3, -0.25) is 0 Å². The van der Waals surface area contributed by atoms with E-state index in [2.05, 4.69) is 44.2 Å². The van der Waals surface area contributed by atoms with E-state index in [0.29, 0.717) is 13.2 Å². The third kappa shape index (κ3) is 2.15. The normalized spacial score (nSPS) is 18.7. The van der Waals surface area contributed by atoms with E-state index in [4.69, 9.17) is 4.74 Å². The highest BCUT2D eigenvalue weighted by Crippen LogP contribution is 2.40. The van der Waals surface area contributed by atoms with Crippen molar-refractivity contribution in [2.24, 2.45) is 5.92 Å². The van der Waals surface area contributed by atoms with Crippen LogP contribution in [0.25, 0.3) is 0 Å². The summed E-state index contributed by atoms with van der Waals surface area (Å²) in [7, 11) is 0. The Hall–Kier alpha value is -1.33. The van der Waals surface area contributed by atoms with Crippen LogP contribution in [0.5, 0.6) is 0 Å². The van der Waals surface area contributed by atoms with Crippen LogP contribution in [0.2, 0.25) is 0 Å². The molecule has 1 aromatic rings. The summed E-state index contributed by atoms with van der Waals surface area (Å²) < 4.78 is 5.40. The molecule has 0 aromatic heterocycles. The van der Waals surface area contributed by atoms with Gasteiger partial charge >= 0.3 is 0 Å². The van der Waals surface area contributed by atoms with E-state index in [1.807, 2.05) is 0 Å². The van der Waals surface area contributed by atoms with Crippen LogP contribution in [0.4, 0.5) is 0 Å². The van der Waals surface area contributed by atoms with Gasteiger partial charge in [0.15, 0.2) is 0 Å². The third-order valence-corrected chi connectivity index (χ3v) is 4.02. The van der Waals surface area contributed by atoms with Crippen molar-refractivity contribution in [3.8, 4) is 6.07 Å². The molecule has 1 atom stereocenters. The van der Waals surface area contributed by atoms with Crippen LogP contribution in [0.1, 0.15) is 37.8 Å². The molecule has 0 bridgehead atoms. The van der Waals surface area contributed by atoms with Crippen molar-refractivity contribution in [3.63, 3.8) is 0 Å². The van der Waals surface area contributed by atoms with Crippen molar-refractivity contribution < 1.29 is 4.74 Å². The van der Waals surface area contributed by atoms with Crippen LogP contribution < -0.4 is 0 Å². The third-order valence-electron chi connectivity index (χ3n) is 4.02. The summed E-state index contributed by atoms with van der Waals surface area (Å²) >= 11 is 0. The fraction of sp³-hybridized carbons (Fsp3) is 0.562. The minimum absolute atomic E-state index is 0.0586. The molecule has 1 heterocycles. The van der Waals surface area contributed by atoms with Gasteiger partial charge in [-0.25, -0.2) is 0 Å². The second kappa shape index (κ2) is 5.54. The number of hydrogen-bond acceptors (Lipinski definition) is 2. The van der Waals surface area contributed by atoms with Gasteiger partial charge in [0, 0.05) is 0 Å². The lowest BCUT2D eigenvalue weighted by atomic mass is 9.68. The average Bonchev–Trinajstić information content (AvgIpc) is 2.35. The quantitative estimate of drug-likeness (QED) is 0.793. The Balaban J connectivity index is 2.25. The van der Waals surface area contributed by atoms with E-state index in [1.165, 1.54) is 17.5 Å². The molecule has 1 saturated heterocycles. The van der Waals surface area contributed by atoms with Crippen LogP contribution >= 0.6 is 0 Å². The number of benzene rings is 1. The maximum atomic E-state index is 9.32. The number of rotatable bonds is 5. The number of hydrogen-bond donors (Lipinski definition) is 0. The number of aryl methyl sites for hydroxylation is 1. The minimum Gasteiger partial charge on any atom is -0.379 e. The lowest BCUT2D eigenvalue weighted by Crippen LogP contribution is -2.51. The highest BCUT2D eigenvalue weighted by molar-refractivity contribution is 5.34. The van der Waals surface area contributed by atoms with E-state index in [-0.39, 0.29) is 11.3 Å². The van der Waals surface area contributed by atoms with Gasteiger partial charge in [0.05, 0.1) is 30.6 Å². The van der Waals surface area contributed by atoms with Crippen LogP contribution in [-0.4, -0.2) is 13.2 Å². The molecular weight excluding hydrogens is 222 g/mol. The molecule has 96 valence electrons. The second-order valence-corrected chi connectivity index (χ2v) is 5.19. The summed E-state index contributed by atoms with van der Waals surface area (Å²) in [4.78, 5) is 0. The Morgan fingerprint density at radius 3 is 2.33 bits per heavy atom. The van der Waals surface area contributed by atoms with Crippen LogP contribution in [0.3, 0.4) is 0 Å². The zero-order chi connectivity index (χ0) is 13.0. The van der Waals surface area contributed by atoms with Gasteiger partial charge in [-0.2, -0.15) is 5.26 Å². The van der Waals surface area contributed by atoms with E-state index >= 15 is 0 Å². The van der Waals surface area contributed by atoms with E-state index in [0.717, 1.165) is 12.8 Å². The molecule has 18 heavy (non-hydrogen) atoms. The first-order valence-electron chi connectivity index (χ1n) is 6.83. The fourth-order valence-electron chi connectivity index (χ4n) is 2.79. The van der Waals surface area contributed by atoms with Gasteiger partial charge in [-0.05, 0) is 24.0 Å². The maximum Gasteiger partial charge on any atom is 0.0666 e. The number of nitriles is 1. The van der Waals surface area contributed by atoms with Gasteiger partial charge in [-0.1, -0.05) is 44.5 Å². The molecule has 2 heteroatoms. The first kappa shape index (κ1) is 13.1. The van der Waals surface area contributed by atoms with Crippen molar-refractivity contribution in [2.45, 2.75) is 38.5 Å². The lowest BCUT2D eigenvalue weighted by Gasteiger charge is -2.45. The predicted molar refractivity (Wildman–Crippen MR) is 72.3 cm³/mol. The molecule has 2 nitrogen and oxygen atoms in total. The molecule has 1 aromatic carbocycles. The average molecular weight is 243 g/mol. The largest absolute Gasteiger partial charge is 0.379 e. The first-order chi connectivity index (χ1) is 8.76. The smallest absolute Gasteiger partial charge is 0.0666 e. The van der Waals surface area contributed by atoms with Gasteiger partial charge in [0.2, 0.25) is 0 Å². The fourth-order valence-corrected chi connectivity index (χ4v) is 2.79. The first-order valence-corrected chi connectivity index (χ1v) is 6.83. The topological polar surface area (TPSA) is 33.0 Å². The molecular formula is C16H21NO. The zero-order valence-corrected chi connectivity index (χ0v) is 11.3. The Kier molecular flexibility index (Phi) is 4.04. The van der Waals surface area contributed by atoms with Crippen molar-refractivity contribution in [2.75, 3.05) is 13.2 Å². The van der Waals surface area contributed by atoms with Crippen molar-refractivity contribution >= 4 is 0 Å². The summed E-state index contributed by atoms with van der Waals surface area (Å²) in [6, 6.07) is 11.2. The van der Waals surface area contributed by atoms with Gasteiger partial charge in [0.25, 0.3) is 0 Å². The van der Waals surface area contributed by atoms with Gasteiger partial charge in [-0.15, -0.1) is 0 Å². The van der Waals surface area contributed by atoms with Crippen LogP contribution in [-0.2, 0) is 16.6 Å². The lowest BCUT2D eigenvalue weighted by molar-refractivity contribution is -0.0804. The molecule has 1 aliphatic heterocycles. The van der Waals surface area contributed by atoms with E-state index in [9.17, 15) is 5.26 Å². The summed E-state index contributed by atoms with van der Waals surface area (Å²) in [6.45, 7) is 5.65. The maximum absolute atomic E-state index is 9.32. The number of ether oxygens (including phenoxy) is 1. The molecule has 0 aliphatic carbocycles. The van der Waals surface area contributed by atoms with Gasteiger partial charge < -0.3 is 4.74 Å². The summed E-state index contributed by atoms with van der Waals surface area (Å²) in [5.41, 5.74) is 2.58. The molecule has 1 fully saturated rings. The Morgan fingerprint density at radius 2 is 1.94 bits per heavy atom. The highest BCUT2D eigenvalue weighted by Gasteiger charge is 2.46. The summed E-state index contributed by atoms with van der Waals surface area (Å²) in [5.74, 6) is 0.0586. The van der Waals surface area contributed by atoms with Crippen LogP contribution in [0, 0.1) is 17.2 Å². The monoisotopic (exact) mass is 243 g/mol. The Morgan fingerprint density at radius 1 is 1.28 bits per heavy atom. The minimum atomic E-state index is -0.0613. The van der Waals surface area contributed by atoms with E-state index in [1.54, 1.807) is 0 Å². The summed E-state index contributed by atoms with van der Waals surface area (Å²) in [6.07, 6.45) is 3.18. The zero-order valence-electron chi connectivity index (χ0n) is 11.3. The molecule has 1 aliphatic rings. The second-order valence-electron chi connectivity index (χ2n) is 5.19. The molecule has 0 radical (unpaired) electrons. The molecule has 2 rings (SSSR count). The van der Waals surface area contributed by atoms with Gasteiger partial charge in [0.1, 0.15) is 0 Å². The molecule has 0 N–H and O–H groups in total. The molecule has 0 spiro atoms. The van der Waals surface area contributed by atoms with Crippen LogP contribution in [0.15, 0.2) is 24.3 Å². The van der Waals surface area contributed by atoms with E-state index < -0.39 is 0 Å². The van der Waals surface area contributed by atoms with Crippen molar-refractivity contribution in [3.05, 3.63) is 35.4 Å². The van der Waals surface area contributed by atoms with Crippen molar-refractivity contribution in [1.82, 2.24) is 0 Å². The SMILES string of the molecule is CCCc1ccc(C2(C(C#N)CC)COC2)cc1. The molecule has 0 amide bonds. The summed E-state index contributed by atoms with van der Waals surface area (Å²) in [5, 5.41) is 9.32. The Labute approximate surface area is 110 Å². The predicted octanol–water partition coefficient (Wildman–Crippen LogP) is 3.46. The Bertz CT molecular complexity index is 425. The molecule has 1 unspecified atom stereocenters. The van der Waals surface area contributed by atoms with Crippen molar-refractivity contribution in [1.29, 1.82) is 5.26 Å².